The molecular formula is C20H21ClN8OS. The van der Waals surface area contributed by atoms with Crippen LogP contribution in [0.25, 0.3) is 22.2 Å². The smallest absolute Gasteiger partial charge is 0.196 e. The second-order valence-corrected chi connectivity index (χ2v) is 8.90. The van der Waals surface area contributed by atoms with Gasteiger partial charge < -0.3 is 20.7 Å². The predicted molar refractivity (Wildman–Crippen MR) is 121 cm³/mol. The standard InChI is InChI=1S/C20H21ClN8OS/c1-2-13-16(21)15-18(26-13)27-20(28-19(15)29-8-10(22)5-11(29)9-30)31-12-6-14-17(25-7-12)24-4-3-23-14/h3-4,6-7,10-11,30H,2,5,8-9,22H2,1H3,(H,26,27,28)/t10?,11-/m1/s1. The molecule has 0 aliphatic carbocycles. The van der Waals surface area contributed by atoms with Crippen LogP contribution in [0.15, 0.2) is 34.7 Å². The molecule has 4 aromatic heterocycles. The molecule has 5 heterocycles. The molecule has 0 saturated carbocycles. The van der Waals surface area contributed by atoms with Gasteiger partial charge in [0.05, 0.1) is 23.1 Å². The fraction of sp³-hybridized carbons (Fsp3) is 0.350. The summed E-state index contributed by atoms with van der Waals surface area (Å²) in [6.45, 7) is 2.62. The molecule has 0 amide bonds. The highest BCUT2D eigenvalue weighted by atomic mass is 35.5. The molecule has 1 unspecified atom stereocenters. The van der Waals surface area contributed by atoms with Crippen molar-refractivity contribution >= 4 is 51.4 Å². The number of aliphatic hydroxyl groups excluding tert-OH is 1. The van der Waals surface area contributed by atoms with E-state index in [0.717, 1.165) is 22.4 Å². The third-order valence-electron chi connectivity index (χ3n) is 5.41. The quantitative estimate of drug-likeness (QED) is 0.388. The first-order valence-corrected chi connectivity index (χ1v) is 11.2. The Morgan fingerprint density at radius 2 is 2.13 bits per heavy atom. The Balaban J connectivity index is 1.61. The van der Waals surface area contributed by atoms with E-state index in [2.05, 4.69) is 19.9 Å². The lowest BCUT2D eigenvalue weighted by atomic mass is 10.2. The van der Waals surface area contributed by atoms with Gasteiger partial charge >= 0.3 is 0 Å². The molecule has 2 atom stereocenters. The lowest BCUT2D eigenvalue weighted by Crippen LogP contribution is -2.33. The number of rotatable bonds is 5. The Morgan fingerprint density at radius 3 is 2.94 bits per heavy atom. The zero-order chi connectivity index (χ0) is 21.5. The van der Waals surface area contributed by atoms with Crippen molar-refractivity contribution in [3.63, 3.8) is 0 Å². The van der Waals surface area contributed by atoms with E-state index in [-0.39, 0.29) is 18.7 Å². The van der Waals surface area contributed by atoms with Crippen LogP contribution in [0.4, 0.5) is 5.82 Å². The first kappa shape index (κ1) is 20.4. The second-order valence-electron chi connectivity index (χ2n) is 7.48. The molecule has 4 N–H and O–H groups in total. The van der Waals surface area contributed by atoms with Crippen LogP contribution in [0.3, 0.4) is 0 Å². The van der Waals surface area contributed by atoms with Gasteiger partial charge in [0.2, 0.25) is 0 Å². The van der Waals surface area contributed by atoms with Crippen molar-refractivity contribution in [3.8, 4) is 0 Å². The van der Waals surface area contributed by atoms with Gasteiger partial charge in [0, 0.05) is 41.8 Å². The predicted octanol–water partition coefficient (Wildman–Crippen LogP) is 2.56. The van der Waals surface area contributed by atoms with E-state index in [1.165, 1.54) is 11.8 Å². The number of nitrogens with one attached hydrogen (secondary N) is 1. The van der Waals surface area contributed by atoms with Crippen molar-refractivity contribution in [1.82, 2.24) is 29.9 Å². The number of nitrogens with zero attached hydrogens (tertiary/aromatic N) is 6. The lowest BCUT2D eigenvalue weighted by molar-refractivity contribution is 0.265. The number of aromatic nitrogens is 6. The summed E-state index contributed by atoms with van der Waals surface area (Å²) >= 11 is 8.07. The number of nitrogens with two attached hydrogens (primary N) is 1. The van der Waals surface area contributed by atoms with Crippen molar-refractivity contribution in [2.24, 2.45) is 5.73 Å². The van der Waals surface area contributed by atoms with Gasteiger partial charge in [-0.25, -0.2) is 19.9 Å². The Bertz CT molecular complexity index is 1260. The molecule has 160 valence electrons. The van der Waals surface area contributed by atoms with Gasteiger partial charge in [-0.1, -0.05) is 18.5 Å². The fourth-order valence-electron chi connectivity index (χ4n) is 3.95. The minimum atomic E-state index is -0.111. The summed E-state index contributed by atoms with van der Waals surface area (Å²) in [6.07, 6.45) is 6.42. The molecule has 1 aliphatic heterocycles. The Kier molecular flexibility index (Phi) is 5.39. The van der Waals surface area contributed by atoms with Crippen LogP contribution in [0.5, 0.6) is 0 Å². The maximum absolute atomic E-state index is 9.91. The topological polar surface area (TPSA) is 130 Å². The van der Waals surface area contributed by atoms with Gasteiger partial charge in [-0.05, 0) is 30.7 Å². The maximum Gasteiger partial charge on any atom is 0.196 e. The van der Waals surface area contributed by atoms with Crippen LogP contribution in [0.1, 0.15) is 19.0 Å². The summed E-state index contributed by atoms with van der Waals surface area (Å²) in [5.41, 5.74) is 9.06. The summed E-state index contributed by atoms with van der Waals surface area (Å²) in [5, 5.41) is 11.8. The van der Waals surface area contributed by atoms with Crippen LogP contribution in [-0.2, 0) is 6.42 Å². The SMILES string of the molecule is CCc1[nH]c2nc(Sc3cnc4nccnc4c3)nc(N3CC(N)C[C@@H]3CO)c2c1Cl. The molecule has 1 aliphatic rings. The molecular weight excluding hydrogens is 436 g/mol. The minimum Gasteiger partial charge on any atom is -0.394 e. The number of aliphatic hydroxyl groups is 1. The Labute approximate surface area is 187 Å². The lowest BCUT2D eigenvalue weighted by Gasteiger charge is -2.25. The van der Waals surface area contributed by atoms with Crippen LogP contribution < -0.4 is 10.6 Å². The highest BCUT2D eigenvalue weighted by molar-refractivity contribution is 7.99. The average Bonchev–Trinajstić information content (AvgIpc) is 3.32. The summed E-state index contributed by atoms with van der Waals surface area (Å²) in [7, 11) is 0. The zero-order valence-corrected chi connectivity index (χ0v) is 18.4. The van der Waals surface area contributed by atoms with E-state index in [4.69, 9.17) is 27.3 Å². The van der Waals surface area contributed by atoms with Gasteiger partial charge in [0.25, 0.3) is 0 Å². The van der Waals surface area contributed by atoms with Gasteiger partial charge in [0.15, 0.2) is 10.8 Å². The monoisotopic (exact) mass is 456 g/mol. The van der Waals surface area contributed by atoms with E-state index >= 15 is 0 Å². The summed E-state index contributed by atoms with van der Waals surface area (Å²) < 4.78 is 0. The zero-order valence-electron chi connectivity index (χ0n) is 16.8. The van der Waals surface area contributed by atoms with E-state index in [1.54, 1.807) is 18.6 Å². The first-order valence-electron chi connectivity index (χ1n) is 10.0. The van der Waals surface area contributed by atoms with Crippen molar-refractivity contribution in [1.29, 1.82) is 0 Å². The normalized spacial score (nSPS) is 19.0. The molecule has 1 fully saturated rings. The maximum atomic E-state index is 9.91. The Morgan fingerprint density at radius 1 is 1.29 bits per heavy atom. The minimum absolute atomic E-state index is 0.00237. The summed E-state index contributed by atoms with van der Waals surface area (Å²) in [5.74, 6) is 0.689. The Hall–Kier alpha value is -2.53. The summed E-state index contributed by atoms with van der Waals surface area (Å²) in [6, 6.07) is 1.76. The third-order valence-corrected chi connectivity index (χ3v) is 6.66. The van der Waals surface area contributed by atoms with Crippen LogP contribution in [-0.4, -0.2) is 60.2 Å². The number of pyridine rings is 1. The molecule has 5 rings (SSSR count). The number of anilines is 1. The van der Waals surface area contributed by atoms with E-state index in [1.807, 2.05) is 17.9 Å². The highest BCUT2D eigenvalue weighted by Gasteiger charge is 2.33. The molecule has 9 nitrogen and oxygen atoms in total. The second kappa shape index (κ2) is 8.19. The number of aryl methyl sites for hydroxylation is 1. The molecule has 11 heteroatoms. The van der Waals surface area contributed by atoms with E-state index < -0.39 is 0 Å². The molecule has 0 spiro atoms. The largest absolute Gasteiger partial charge is 0.394 e. The molecule has 0 radical (unpaired) electrons. The van der Waals surface area contributed by atoms with Crippen molar-refractivity contribution in [2.45, 2.75) is 41.9 Å². The van der Waals surface area contributed by atoms with Crippen LogP contribution in [0.2, 0.25) is 5.02 Å². The number of hydrogen-bond donors (Lipinski definition) is 3. The number of aromatic amines is 1. The van der Waals surface area contributed by atoms with E-state index in [9.17, 15) is 5.11 Å². The van der Waals surface area contributed by atoms with Gasteiger partial charge in [-0.2, -0.15) is 0 Å². The van der Waals surface area contributed by atoms with Crippen LogP contribution in [0, 0.1) is 0 Å². The van der Waals surface area contributed by atoms with E-state index in [0.29, 0.717) is 45.8 Å². The highest BCUT2D eigenvalue weighted by Crippen LogP contribution is 2.38. The average molecular weight is 457 g/mol. The van der Waals surface area contributed by atoms with Crippen molar-refractivity contribution in [3.05, 3.63) is 35.4 Å². The fourth-order valence-corrected chi connectivity index (χ4v) is 5.06. The van der Waals surface area contributed by atoms with Gasteiger partial charge in [0.1, 0.15) is 17.0 Å². The van der Waals surface area contributed by atoms with Crippen molar-refractivity contribution < 1.29 is 5.11 Å². The number of H-pyrrole nitrogens is 1. The molecule has 31 heavy (non-hydrogen) atoms. The molecule has 4 aromatic rings. The molecule has 0 aromatic carbocycles. The molecule has 1 saturated heterocycles. The third kappa shape index (κ3) is 3.69. The van der Waals surface area contributed by atoms with Crippen LogP contribution >= 0.6 is 23.4 Å². The molecule has 0 bridgehead atoms. The first-order chi connectivity index (χ1) is 15.1. The van der Waals surface area contributed by atoms with Gasteiger partial charge in [-0.3, -0.25) is 4.98 Å². The summed E-state index contributed by atoms with van der Waals surface area (Å²) in [4.78, 5) is 28.7. The van der Waals surface area contributed by atoms with Gasteiger partial charge in [-0.15, -0.1) is 0 Å². The van der Waals surface area contributed by atoms with Crippen molar-refractivity contribution in [2.75, 3.05) is 18.1 Å². The number of halogens is 1. The number of fused-ring (bicyclic) bond motifs is 2. The number of hydrogen-bond acceptors (Lipinski definition) is 9.